The van der Waals surface area contributed by atoms with Gasteiger partial charge in [0.05, 0.1) is 31.9 Å². The van der Waals surface area contributed by atoms with Crippen molar-refractivity contribution >= 4 is 27.5 Å². The highest BCUT2D eigenvalue weighted by Crippen LogP contribution is 2.36. The summed E-state index contributed by atoms with van der Waals surface area (Å²) in [6, 6.07) is 28.5. The highest BCUT2D eigenvalue weighted by molar-refractivity contribution is 7.92. The molecule has 4 aromatic rings. The van der Waals surface area contributed by atoms with E-state index in [1.807, 2.05) is 42.5 Å². The third kappa shape index (κ3) is 8.72. The van der Waals surface area contributed by atoms with Crippen LogP contribution in [0.25, 0.3) is 0 Å². The summed E-state index contributed by atoms with van der Waals surface area (Å²) in [5.74, 6) is 0.336. The van der Waals surface area contributed by atoms with Crippen molar-refractivity contribution in [2.75, 3.05) is 32.2 Å². The van der Waals surface area contributed by atoms with Gasteiger partial charge in [-0.15, -0.1) is 0 Å². The van der Waals surface area contributed by atoms with Crippen molar-refractivity contribution in [3.63, 3.8) is 0 Å². The monoisotopic (exact) mass is 685 g/mol. The number of nitrogens with zero attached hydrogens (tertiary/aromatic N) is 2. The summed E-state index contributed by atoms with van der Waals surface area (Å²) in [4.78, 5) is 30.5. The van der Waals surface area contributed by atoms with Crippen LogP contribution in [0.5, 0.6) is 17.2 Å². The fourth-order valence-corrected chi connectivity index (χ4v) is 7.55. The lowest BCUT2D eigenvalue weighted by Gasteiger charge is -2.34. The first-order chi connectivity index (χ1) is 23.7. The van der Waals surface area contributed by atoms with E-state index in [0.717, 1.165) is 41.1 Å². The molecule has 0 aromatic heterocycles. The van der Waals surface area contributed by atoms with Gasteiger partial charge in [0.2, 0.25) is 11.8 Å². The molecule has 0 saturated heterocycles. The van der Waals surface area contributed by atoms with Gasteiger partial charge >= 0.3 is 0 Å². The molecule has 0 radical (unpaired) electrons. The molecule has 1 fully saturated rings. The van der Waals surface area contributed by atoms with Crippen LogP contribution in [-0.4, -0.2) is 65.1 Å². The summed E-state index contributed by atoms with van der Waals surface area (Å²) in [7, 11) is 0.142. The van der Waals surface area contributed by atoms with E-state index < -0.39 is 28.5 Å². The number of carbonyl (C=O) groups is 2. The van der Waals surface area contributed by atoms with Crippen LogP contribution in [0.3, 0.4) is 0 Å². The maximum absolute atomic E-state index is 14.8. The molecule has 1 atom stereocenters. The van der Waals surface area contributed by atoms with Crippen LogP contribution in [0.2, 0.25) is 0 Å². The van der Waals surface area contributed by atoms with Gasteiger partial charge in [0.15, 0.2) is 0 Å². The van der Waals surface area contributed by atoms with Gasteiger partial charge in [-0.3, -0.25) is 13.9 Å². The van der Waals surface area contributed by atoms with Crippen molar-refractivity contribution in [1.82, 2.24) is 10.2 Å². The number of amides is 2. The minimum atomic E-state index is -4.32. The Bertz CT molecular complexity index is 1810. The second-order valence-electron chi connectivity index (χ2n) is 11.9. The van der Waals surface area contributed by atoms with Crippen LogP contribution >= 0.6 is 0 Å². The summed E-state index contributed by atoms with van der Waals surface area (Å²) in [5.41, 5.74) is 1.70. The number of hydrogen-bond acceptors (Lipinski definition) is 7. The zero-order valence-electron chi connectivity index (χ0n) is 28.1. The summed E-state index contributed by atoms with van der Waals surface area (Å²) < 4.78 is 46.3. The molecule has 0 heterocycles. The first kappa shape index (κ1) is 35.3. The van der Waals surface area contributed by atoms with Crippen LogP contribution in [0.1, 0.15) is 36.8 Å². The van der Waals surface area contributed by atoms with Gasteiger partial charge in [-0.2, -0.15) is 0 Å². The van der Waals surface area contributed by atoms with E-state index in [1.165, 1.54) is 37.3 Å². The van der Waals surface area contributed by atoms with Crippen molar-refractivity contribution in [2.45, 2.75) is 55.6 Å². The molecule has 0 bridgehead atoms. The van der Waals surface area contributed by atoms with Crippen molar-refractivity contribution in [2.24, 2.45) is 0 Å². The van der Waals surface area contributed by atoms with E-state index in [9.17, 15) is 18.0 Å². The second-order valence-corrected chi connectivity index (χ2v) is 13.8. The Morgan fingerprint density at radius 3 is 2.06 bits per heavy atom. The number of carbonyl (C=O) groups excluding carboxylic acids is 2. The highest BCUT2D eigenvalue weighted by Gasteiger charge is 2.36. The number of rotatable bonds is 15. The first-order valence-corrected chi connectivity index (χ1v) is 17.7. The molecule has 11 heteroatoms. The zero-order valence-corrected chi connectivity index (χ0v) is 28.9. The van der Waals surface area contributed by atoms with Crippen LogP contribution < -0.4 is 23.8 Å². The van der Waals surface area contributed by atoms with Crippen LogP contribution in [-0.2, 0) is 32.6 Å². The maximum atomic E-state index is 14.8. The Hall–Kier alpha value is -5.03. The SMILES string of the molecule is COc1cccc(CN(C(=O)CN(c2cc(OC)ccc2OC)S(=O)(=O)c2ccccc2)[C@H](Cc2ccccc2)C(=O)NC2CCCC2)c1. The van der Waals surface area contributed by atoms with Crippen LogP contribution in [0, 0.1) is 0 Å². The number of nitrogens with one attached hydrogen (secondary N) is 1. The van der Waals surface area contributed by atoms with Gasteiger partial charge in [-0.1, -0.05) is 73.5 Å². The highest BCUT2D eigenvalue weighted by atomic mass is 32.2. The normalized spacial score (nSPS) is 13.7. The Morgan fingerprint density at radius 2 is 1.41 bits per heavy atom. The van der Waals surface area contributed by atoms with E-state index in [2.05, 4.69) is 5.32 Å². The Kier molecular flexibility index (Phi) is 11.8. The number of benzene rings is 4. The molecule has 1 saturated carbocycles. The molecular formula is C38H43N3O7S. The van der Waals surface area contributed by atoms with Gasteiger partial charge in [-0.25, -0.2) is 8.42 Å². The average molecular weight is 686 g/mol. The molecule has 0 spiro atoms. The number of ether oxygens (including phenoxy) is 3. The van der Waals surface area contributed by atoms with E-state index in [-0.39, 0.29) is 41.2 Å². The Labute approximate surface area is 288 Å². The Morgan fingerprint density at radius 1 is 0.776 bits per heavy atom. The van der Waals surface area contributed by atoms with E-state index >= 15 is 0 Å². The second kappa shape index (κ2) is 16.4. The van der Waals surface area contributed by atoms with Crippen molar-refractivity contribution in [3.8, 4) is 17.2 Å². The standard InChI is InChI=1S/C38H43N3O7S/c1-46-31-18-12-15-29(23-31)26-40(35(24-28-13-6-4-7-14-28)38(43)39-30-16-10-11-17-30)37(42)27-41(49(44,45)33-19-8-5-9-20-33)34-25-32(47-2)21-22-36(34)48-3/h4-9,12-15,18-23,25,30,35H,10-11,16-17,24,26-27H2,1-3H3,(H,39,43)/t35-/m1/s1. The molecule has 1 aliphatic rings. The molecule has 1 aliphatic carbocycles. The summed E-state index contributed by atoms with van der Waals surface area (Å²) in [6.45, 7) is -0.590. The van der Waals surface area contributed by atoms with Gasteiger partial charge in [0.1, 0.15) is 29.8 Å². The fourth-order valence-electron chi connectivity index (χ4n) is 6.11. The van der Waals surface area contributed by atoms with E-state index in [1.54, 1.807) is 49.6 Å². The third-order valence-corrected chi connectivity index (χ3v) is 10.5. The van der Waals surface area contributed by atoms with Crippen LogP contribution in [0.4, 0.5) is 5.69 Å². The maximum Gasteiger partial charge on any atom is 0.264 e. The molecule has 1 N–H and O–H groups in total. The molecule has 0 unspecified atom stereocenters. The molecule has 49 heavy (non-hydrogen) atoms. The molecule has 10 nitrogen and oxygen atoms in total. The minimum absolute atomic E-state index is 0.00756. The third-order valence-electron chi connectivity index (χ3n) is 8.72. The molecule has 5 rings (SSSR count). The molecule has 258 valence electrons. The van der Waals surface area contributed by atoms with Gasteiger partial charge in [0.25, 0.3) is 10.0 Å². The van der Waals surface area contributed by atoms with E-state index in [4.69, 9.17) is 14.2 Å². The average Bonchev–Trinajstić information content (AvgIpc) is 3.65. The Balaban J connectivity index is 1.62. The predicted octanol–water partition coefficient (Wildman–Crippen LogP) is 5.61. The fraction of sp³-hybridized carbons (Fsp3) is 0.316. The lowest BCUT2D eigenvalue weighted by atomic mass is 10.0. The molecule has 2 amide bonds. The number of anilines is 1. The molecular weight excluding hydrogens is 642 g/mol. The van der Waals surface area contributed by atoms with Gasteiger partial charge in [0, 0.05) is 25.1 Å². The summed E-state index contributed by atoms with van der Waals surface area (Å²) in [5, 5.41) is 3.19. The summed E-state index contributed by atoms with van der Waals surface area (Å²) >= 11 is 0. The smallest absolute Gasteiger partial charge is 0.264 e. The van der Waals surface area contributed by atoms with E-state index in [0.29, 0.717) is 11.5 Å². The molecule has 4 aromatic carbocycles. The molecule has 0 aliphatic heterocycles. The first-order valence-electron chi connectivity index (χ1n) is 16.3. The largest absolute Gasteiger partial charge is 0.497 e. The lowest BCUT2D eigenvalue weighted by Crippen LogP contribution is -2.54. The zero-order chi connectivity index (χ0) is 34.8. The van der Waals surface area contributed by atoms with Gasteiger partial charge in [-0.05, 0) is 60.4 Å². The van der Waals surface area contributed by atoms with Gasteiger partial charge < -0.3 is 24.4 Å². The van der Waals surface area contributed by atoms with Crippen molar-refractivity contribution < 1.29 is 32.2 Å². The topological polar surface area (TPSA) is 114 Å². The lowest BCUT2D eigenvalue weighted by molar-refractivity contribution is -0.140. The number of hydrogen-bond donors (Lipinski definition) is 1. The quantitative estimate of drug-likeness (QED) is 0.173. The minimum Gasteiger partial charge on any atom is -0.497 e. The predicted molar refractivity (Wildman–Crippen MR) is 188 cm³/mol. The van der Waals surface area contributed by atoms with Crippen LogP contribution in [0.15, 0.2) is 108 Å². The number of methoxy groups -OCH3 is 3. The van der Waals surface area contributed by atoms with Crippen molar-refractivity contribution in [1.29, 1.82) is 0 Å². The van der Waals surface area contributed by atoms with Crippen molar-refractivity contribution in [3.05, 3.63) is 114 Å². The number of sulfonamides is 1. The summed E-state index contributed by atoms with van der Waals surface area (Å²) in [6.07, 6.45) is 4.01.